The van der Waals surface area contributed by atoms with E-state index in [9.17, 15) is 4.79 Å². The molecule has 0 saturated carbocycles. The number of halogens is 1. The Hall–Kier alpha value is -0.760. The lowest BCUT2D eigenvalue weighted by Crippen LogP contribution is -1.87. The molecule has 0 radical (unpaired) electrons. The highest BCUT2D eigenvalue weighted by molar-refractivity contribution is 6.14. The summed E-state index contributed by atoms with van der Waals surface area (Å²) in [5.74, 6) is -0.591. The van der Waals surface area contributed by atoms with Gasteiger partial charge >= 0.3 is 5.97 Å². The molecular weight excluding hydrogens is 128 g/mol. The zero-order chi connectivity index (χ0) is 6.41. The number of allylic oxidation sites excluding steroid dienone is 2. The summed E-state index contributed by atoms with van der Waals surface area (Å²) < 4.78 is 3.75. The summed E-state index contributed by atoms with van der Waals surface area (Å²) >= 11 is 4.65. The number of carbonyl (C=O) groups is 1. The Balaban J connectivity index is 3.52. The van der Waals surface area contributed by atoms with Gasteiger partial charge in [0, 0.05) is 6.08 Å². The van der Waals surface area contributed by atoms with Crippen LogP contribution >= 0.6 is 11.9 Å². The van der Waals surface area contributed by atoms with Crippen LogP contribution in [-0.2, 0) is 9.08 Å². The third kappa shape index (κ3) is 3.43. The first-order chi connectivity index (χ1) is 3.81. The van der Waals surface area contributed by atoms with Crippen molar-refractivity contribution >= 4 is 17.8 Å². The molecule has 8 heavy (non-hydrogen) atoms. The fourth-order valence-corrected chi connectivity index (χ4v) is 0.224. The summed E-state index contributed by atoms with van der Waals surface area (Å²) in [6.45, 7) is 3.33. The minimum Gasteiger partial charge on any atom is -0.344 e. The maximum Gasteiger partial charge on any atom is 0.349 e. The van der Waals surface area contributed by atoms with Crippen LogP contribution in [-0.4, -0.2) is 5.97 Å². The standard InChI is InChI=1S/C5H5ClO2/c1-2-3-4-5(7)8-6/h2-4H,1H2. The first kappa shape index (κ1) is 7.24. The minimum atomic E-state index is -0.591. The zero-order valence-electron chi connectivity index (χ0n) is 4.13. The molecule has 0 spiro atoms. The second kappa shape index (κ2) is 4.40. The topological polar surface area (TPSA) is 26.3 Å². The van der Waals surface area contributed by atoms with Gasteiger partial charge in [0.05, 0.1) is 0 Å². The van der Waals surface area contributed by atoms with E-state index >= 15 is 0 Å². The highest BCUT2D eigenvalue weighted by atomic mass is 35.5. The molecule has 0 aromatic carbocycles. The smallest absolute Gasteiger partial charge is 0.344 e. The maximum absolute atomic E-state index is 10.1. The minimum absolute atomic E-state index is 0.591. The number of rotatable bonds is 2. The van der Waals surface area contributed by atoms with E-state index in [1.165, 1.54) is 18.2 Å². The molecule has 0 unspecified atom stereocenters. The third-order valence-corrected chi connectivity index (χ3v) is 0.597. The predicted octanol–water partition coefficient (Wildman–Crippen LogP) is 1.43. The van der Waals surface area contributed by atoms with Gasteiger partial charge in [-0.3, -0.25) is 0 Å². The van der Waals surface area contributed by atoms with Crippen molar-refractivity contribution < 1.29 is 9.08 Å². The van der Waals surface area contributed by atoms with E-state index in [0.717, 1.165) is 0 Å². The Bertz CT molecular complexity index is 118. The lowest BCUT2D eigenvalue weighted by molar-refractivity contribution is -0.128. The molecule has 0 rings (SSSR count). The van der Waals surface area contributed by atoms with Crippen molar-refractivity contribution in [2.75, 3.05) is 0 Å². The van der Waals surface area contributed by atoms with Crippen molar-refractivity contribution in [2.45, 2.75) is 0 Å². The van der Waals surface area contributed by atoms with Gasteiger partial charge in [-0.1, -0.05) is 18.7 Å². The summed E-state index contributed by atoms with van der Waals surface area (Å²) in [5.41, 5.74) is 0. The first-order valence-electron chi connectivity index (χ1n) is 1.93. The van der Waals surface area contributed by atoms with Crippen LogP contribution in [0.15, 0.2) is 24.8 Å². The SMILES string of the molecule is C=CC=CC(=O)OCl. The molecular formula is C5H5ClO2. The number of hydrogen-bond donors (Lipinski definition) is 0. The second-order valence-corrected chi connectivity index (χ2v) is 1.15. The van der Waals surface area contributed by atoms with Gasteiger partial charge in [-0.25, -0.2) is 4.79 Å². The van der Waals surface area contributed by atoms with Gasteiger partial charge in [0.15, 0.2) is 0 Å². The van der Waals surface area contributed by atoms with Crippen molar-refractivity contribution in [1.29, 1.82) is 0 Å². The molecule has 0 amide bonds. The van der Waals surface area contributed by atoms with Crippen LogP contribution in [0.25, 0.3) is 0 Å². The largest absolute Gasteiger partial charge is 0.349 e. The molecule has 0 N–H and O–H groups in total. The average Bonchev–Trinajstić information content (AvgIpc) is 1.83. The molecule has 0 aliphatic carbocycles. The number of carbonyl (C=O) groups excluding carboxylic acids is 1. The van der Waals surface area contributed by atoms with Crippen LogP contribution in [0.2, 0.25) is 0 Å². The molecule has 0 aromatic heterocycles. The average molecular weight is 133 g/mol. The monoisotopic (exact) mass is 132 g/mol. The second-order valence-electron chi connectivity index (χ2n) is 0.991. The summed E-state index contributed by atoms with van der Waals surface area (Å²) in [7, 11) is 0. The Morgan fingerprint density at radius 2 is 2.38 bits per heavy atom. The van der Waals surface area contributed by atoms with Crippen LogP contribution in [0.1, 0.15) is 0 Å². The molecule has 0 saturated heterocycles. The van der Waals surface area contributed by atoms with Gasteiger partial charge in [0.25, 0.3) is 0 Å². The summed E-state index contributed by atoms with van der Waals surface area (Å²) in [6.07, 6.45) is 4.05. The molecule has 0 aliphatic rings. The van der Waals surface area contributed by atoms with Crippen molar-refractivity contribution in [3.63, 3.8) is 0 Å². The molecule has 3 heteroatoms. The Morgan fingerprint density at radius 3 is 2.75 bits per heavy atom. The molecule has 0 fully saturated rings. The van der Waals surface area contributed by atoms with Gasteiger partial charge in [-0.2, -0.15) is 0 Å². The van der Waals surface area contributed by atoms with Crippen molar-refractivity contribution in [3.05, 3.63) is 24.8 Å². The van der Waals surface area contributed by atoms with E-state index in [1.54, 1.807) is 0 Å². The van der Waals surface area contributed by atoms with Crippen LogP contribution in [0.3, 0.4) is 0 Å². The number of hydrogen-bond acceptors (Lipinski definition) is 2. The highest BCUT2D eigenvalue weighted by Gasteiger charge is 1.88. The molecule has 0 bridgehead atoms. The maximum atomic E-state index is 10.1. The van der Waals surface area contributed by atoms with E-state index in [1.807, 2.05) is 0 Å². The van der Waals surface area contributed by atoms with E-state index in [4.69, 9.17) is 0 Å². The van der Waals surface area contributed by atoms with Gasteiger partial charge in [0.2, 0.25) is 0 Å². The Morgan fingerprint density at radius 1 is 1.75 bits per heavy atom. The van der Waals surface area contributed by atoms with Gasteiger partial charge in [-0.05, 0) is 0 Å². The Labute approximate surface area is 52.6 Å². The van der Waals surface area contributed by atoms with Crippen molar-refractivity contribution in [1.82, 2.24) is 0 Å². The summed E-state index contributed by atoms with van der Waals surface area (Å²) in [6, 6.07) is 0. The van der Waals surface area contributed by atoms with Crippen LogP contribution in [0.5, 0.6) is 0 Å². The van der Waals surface area contributed by atoms with E-state index in [-0.39, 0.29) is 0 Å². The van der Waals surface area contributed by atoms with Gasteiger partial charge in [-0.15, -0.1) is 0 Å². The van der Waals surface area contributed by atoms with E-state index in [2.05, 4.69) is 22.7 Å². The Kier molecular flexibility index (Phi) is 3.98. The quantitative estimate of drug-likeness (QED) is 0.420. The molecule has 0 aliphatic heterocycles. The first-order valence-corrected chi connectivity index (χ1v) is 2.23. The van der Waals surface area contributed by atoms with Crippen molar-refractivity contribution in [3.8, 4) is 0 Å². The molecule has 0 heterocycles. The lowest BCUT2D eigenvalue weighted by atomic mass is 10.5. The third-order valence-electron chi connectivity index (χ3n) is 0.444. The van der Waals surface area contributed by atoms with Gasteiger partial charge in [0.1, 0.15) is 11.9 Å². The van der Waals surface area contributed by atoms with Crippen LogP contribution in [0.4, 0.5) is 0 Å². The normalized spacial score (nSPS) is 9.12. The summed E-state index contributed by atoms with van der Waals surface area (Å²) in [5, 5.41) is 0. The highest BCUT2D eigenvalue weighted by Crippen LogP contribution is 1.83. The van der Waals surface area contributed by atoms with Crippen LogP contribution in [0, 0.1) is 0 Å². The van der Waals surface area contributed by atoms with E-state index < -0.39 is 5.97 Å². The summed E-state index contributed by atoms with van der Waals surface area (Å²) in [4.78, 5) is 10.1. The fraction of sp³-hybridized carbons (Fsp3) is 0. The predicted molar refractivity (Wildman–Crippen MR) is 31.3 cm³/mol. The zero-order valence-corrected chi connectivity index (χ0v) is 4.89. The lowest BCUT2D eigenvalue weighted by Gasteiger charge is -1.79. The fourth-order valence-electron chi connectivity index (χ4n) is 0.172. The van der Waals surface area contributed by atoms with Crippen molar-refractivity contribution in [2.24, 2.45) is 0 Å². The van der Waals surface area contributed by atoms with E-state index in [0.29, 0.717) is 0 Å². The molecule has 44 valence electrons. The molecule has 0 atom stereocenters. The van der Waals surface area contributed by atoms with Crippen LogP contribution < -0.4 is 0 Å². The molecule has 0 aromatic rings. The van der Waals surface area contributed by atoms with Gasteiger partial charge < -0.3 is 4.29 Å². The molecule has 2 nitrogen and oxygen atoms in total.